The molecule has 0 spiro atoms. The molecule has 1 aliphatic heterocycles. The van der Waals surface area contributed by atoms with Gasteiger partial charge in [-0.1, -0.05) is 6.92 Å². The van der Waals surface area contributed by atoms with Crippen molar-refractivity contribution in [3.8, 4) is 34.4 Å². The lowest BCUT2D eigenvalue weighted by molar-refractivity contribution is 0.0549. The lowest BCUT2D eigenvalue weighted by atomic mass is 10.1. The fourth-order valence-electron chi connectivity index (χ4n) is 5.27. The smallest absolute Gasteiger partial charge is 0.335 e. The largest absolute Gasteiger partial charge is 0.485 e. The Kier molecular flexibility index (Phi) is 8.82. The van der Waals surface area contributed by atoms with Crippen molar-refractivity contribution in [2.75, 3.05) is 32.6 Å². The van der Waals surface area contributed by atoms with Crippen molar-refractivity contribution in [1.82, 2.24) is 19.0 Å². The van der Waals surface area contributed by atoms with E-state index in [1.807, 2.05) is 25.9 Å². The van der Waals surface area contributed by atoms with Crippen LogP contribution in [-0.2, 0) is 7.05 Å². The van der Waals surface area contributed by atoms with Crippen molar-refractivity contribution in [2.45, 2.75) is 19.6 Å². The number of hydrogen-bond acceptors (Lipinski definition) is 9. The second-order valence-corrected chi connectivity index (χ2v) is 11.1. The summed E-state index contributed by atoms with van der Waals surface area (Å²) >= 11 is 0. The molecule has 248 valence electrons. The number of hydrogen-bond donors (Lipinski definition) is 1. The molecule has 0 saturated heterocycles. The van der Waals surface area contributed by atoms with E-state index in [0.717, 1.165) is 33.5 Å². The van der Waals surface area contributed by atoms with Crippen LogP contribution in [0.4, 0.5) is 14.5 Å². The van der Waals surface area contributed by atoms with Crippen LogP contribution in [0.25, 0.3) is 16.6 Å². The minimum absolute atomic E-state index is 0.0216. The average molecular weight is 660 g/mol. The SMILES string of the molecule is CCC(Oc1cc2nccc(Oc3ccc(NC(=O)c4cn(C)c(=O)n(-c5ccc(F)cc5)c4=O)cc3F)c2c2c1OCCO2)N(C)C. The van der Waals surface area contributed by atoms with Crippen LogP contribution in [0.15, 0.2) is 76.6 Å². The molecular weight excluding hydrogens is 628 g/mol. The summed E-state index contributed by atoms with van der Waals surface area (Å²) in [5.74, 6) is -0.973. The van der Waals surface area contributed by atoms with Crippen molar-refractivity contribution in [3.05, 3.63) is 105 Å². The number of anilines is 1. The number of pyridine rings is 1. The van der Waals surface area contributed by atoms with Gasteiger partial charge in [0.1, 0.15) is 30.3 Å². The first kappa shape index (κ1) is 32.2. The second-order valence-electron chi connectivity index (χ2n) is 11.1. The summed E-state index contributed by atoms with van der Waals surface area (Å²) in [5, 5.41) is 2.94. The Hall–Kier alpha value is -5.76. The highest BCUT2D eigenvalue weighted by molar-refractivity contribution is 6.04. The summed E-state index contributed by atoms with van der Waals surface area (Å²) in [6.07, 6.45) is 3.08. The van der Waals surface area contributed by atoms with Gasteiger partial charge in [-0.25, -0.2) is 18.1 Å². The van der Waals surface area contributed by atoms with Gasteiger partial charge in [0.05, 0.1) is 16.6 Å². The highest BCUT2D eigenvalue weighted by atomic mass is 19.1. The second kappa shape index (κ2) is 13.2. The van der Waals surface area contributed by atoms with E-state index in [9.17, 15) is 18.8 Å². The molecule has 3 heterocycles. The summed E-state index contributed by atoms with van der Waals surface area (Å²) < 4.78 is 54.9. The molecule has 3 aromatic carbocycles. The topological polar surface area (TPSA) is 126 Å². The third-order valence-corrected chi connectivity index (χ3v) is 7.62. The summed E-state index contributed by atoms with van der Waals surface area (Å²) in [6, 6.07) is 11.7. The number of nitrogens with zero attached hydrogens (tertiary/aromatic N) is 4. The zero-order valence-corrected chi connectivity index (χ0v) is 26.5. The molecule has 0 fully saturated rings. The zero-order valence-electron chi connectivity index (χ0n) is 26.5. The lowest BCUT2D eigenvalue weighted by Gasteiger charge is -2.28. The van der Waals surface area contributed by atoms with Crippen LogP contribution in [0.1, 0.15) is 23.7 Å². The quantitative estimate of drug-likeness (QED) is 0.221. The molecule has 48 heavy (non-hydrogen) atoms. The molecule has 1 amide bonds. The van der Waals surface area contributed by atoms with Gasteiger partial charge in [0.2, 0.25) is 5.75 Å². The fourth-order valence-corrected chi connectivity index (χ4v) is 5.27. The minimum atomic E-state index is -0.929. The number of rotatable bonds is 9. The number of carbonyl (C=O) groups is 1. The number of benzene rings is 3. The number of amides is 1. The Morgan fingerprint density at radius 2 is 1.73 bits per heavy atom. The predicted octanol–water partition coefficient (Wildman–Crippen LogP) is 4.85. The van der Waals surface area contributed by atoms with Crippen molar-refractivity contribution < 1.29 is 32.5 Å². The molecule has 1 atom stereocenters. The van der Waals surface area contributed by atoms with Crippen LogP contribution in [-0.4, -0.2) is 58.5 Å². The van der Waals surface area contributed by atoms with Crippen molar-refractivity contribution in [3.63, 3.8) is 0 Å². The molecule has 14 heteroatoms. The molecule has 5 aromatic rings. The van der Waals surface area contributed by atoms with Gasteiger partial charge in [0, 0.05) is 37.3 Å². The third kappa shape index (κ3) is 6.17. The van der Waals surface area contributed by atoms with Gasteiger partial charge in [0.25, 0.3) is 11.5 Å². The van der Waals surface area contributed by atoms with Crippen LogP contribution < -0.4 is 35.5 Å². The maximum atomic E-state index is 15.4. The number of ether oxygens (including phenoxy) is 4. The molecule has 1 aliphatic rings. The molecule has 0 radical (unpaired) electrons. The summed E-state index contributed by atoms with van der Waals surface area (Å²) in [6.45, 7) is 2.59. The van der Waals surface area contributed by atoms with Crippen molar-refractivity contribution in [1.29, 1.82) is 0 Å². The molecule has 12 nitrogen and oxygen atoms in total. The third-order valence-electron chi connectivity index (χ3n) is 7.62. The molecule has 0 aliphatic carbocycles. The van der Waals surface area contributed by atoms with Crippen molar-refractivity contribution in [2.24, 2.45) is 7.05 Å². The molecule has 2 aromatic heterocycles. The monoisotopic (exact) mass is 659 g/mol. The van der Waals surface area contributed by atoms with E-state index in [0.29, 0.717) is 41.2 Å². The molecule has 0 bridgehead atoms. The maximum absolute atomic E-state index is 15.4. The molecule has 1 N–H and O–H groups in total. The van der Waals surface area contributed by atoms with E-state index in [1.165, 1.54) is 37.5 Å². The fraction of sp³-hybridized carbons (Fsp3) is 0.235. The van der Waals surface area contributed by atoms with Gasteiger partial charge in [-0.3, -0.25) is 19.5 Å². The Balaban J connectivity index is 1.28. The van der Waals surface area contributed by atoms with Gasteiger partial charge in [0.15, 0.2) is 29.3 Å². The predicted molar refractivity (Wildman–Crippen MR) is 173 cm³/mol. The minimum Gasteiger partial charge on any atom is -0.485 e. The standard InChI is InChI=1S/C34H31F2N5O7/c1-5-28(39(2)3)48-27-17-24-29(31-30(27)45-14-15-46-31)26(12-13-37-24)47-25-11-8-20(16-23(25)36)38-32(42)22-18-40(4)34(44)41(33(22)43)21-9-6-19(35)7-10-21/h6-13,16-18,28H,5,14-15H2,1-4H3,(H,38,42). The van der Waals surface area contributed by atoms with Gasteiger partial charge in [-0.15, -0.1) is 0 Å². The lowest BCUT2D eigenvalue weighted by Crippen LogP contribution is -2.41. The number of carbonyl (C=O) groups excluding carboxylic acids is 1. The summed E-state index contributed by atoms with van der Waals surface area (Å²) in [7, 11) is 5.18. The Morgan fingerprint density at radius 3 is 2.42 bits per heavy atom. The van der Waals surface area contributed by atoms with E-state index >= 15 is 4.39 Å². The van der Waals surface area contributed by atoms with Crippen molar-refractivity contribution >= 4 is 22.5 Å². The summed E-state index contributed by atoms with van der Waals surface area (Å²) in [4.78, 5) is 45.4. The van der Waals surface area contributed by atoms with Gasteiger partial charge in [-0.05, 0) is 63.0 Å². The van der Waals surface area contributed by atoms with Crippen LogP contribution >= 0.6 is 0 Å². The van der Waals surface area contributed by atoms with E-state index < -0.39 is 34.4 Å². The Labute approximate surface area is 272 Å². The first-order valence-electron chi connectivity index (χ1n) is 15.0. The van der Waals surface area contributed by atoms with Crippen LogP contribution in [0.3, 0.4) is 0 Å². The normalized spacial score (nSPS) is 13.0. The van der Waals surface area contributed by atoms with E-state index in [1.54, 1.807) is 12.1 Å². The van der Waals surface area contributed by atoms with Crippen LogP contribution in [0.5, 0.6) is 28.7 Å². The van der Waals surface area contributed by atoms with E-state index in [-0.39, 0.29) is 35.7 Å². The zero-order chi connectivity index (χ0) is 34.1. The number of aromatic nitrogens is 3. The summed E-state index contributed by atoms with van der Waals surface area (Å²) in [5.41, 5.74) is -1.48. The molecule has 6 rings (SSSR count). The first-order valence-corrected chi connectivity index (χ1v) is 15.0. The Morgan fingerprint density at radius 1 is 1.00 bits per heavy atom. The number of fused-ring (bicyclic) bond motifs is 3. The van der Waals surface area contributed by atoms with Crippen LogP contribution in [0, 0.1) is 11.6 Å². The highest BCUT2D eigenvalue weighted by Crippen LogP contribution is 2.49. The van der Waals surface area contributed by atoms with E-state index in [4.69, 9.17) is 18.9 Å². The number of halogens is 2. The average Bonchev–Trinajstić information content (AvgIpc) is 3.07. The Bertz CT molecular complexity index is 2150. The van der Waals surface area contributed by atoms with Gasteiger partial charge >= 0.3 is 5.69 Å². The van der Waals surface area contributed by atoms with Gasteiger partial charge in [-0.2, -0.15) is 0 Å². The maximum Gasteiger partial charge on any atom is 0.335 e. The molecule has 1 unspecified atom stereocenters. The molecular formula is C34H31F2N5O7. The first-order chi connectivity index (χ1) is 23.0. The number of aryl methyl sites for hydroxylation is 1. The van der Waals surface area contributed by atoms with E-state index in [2.05, 4.69) is 10.3 Å². The van der Waals surface area contributed by atoms with Crippen LogP contribution in [0.2, 0.25) is 0 Å². The van der Waals surface area contributed by atoms with Gasteiger partial charge < -0.3 is 28.8 Å². The molecule has 0 saturated carbocycles. The number of nitrogens with one attached hydrogen (secondary N) is 1. The highest BCUT2D eigenvalue weighted by Gasteiger charge is 2.27.